The second-order valence-electron chi connectivity index (χ2n) is 5.63. The zero-order chi connectivity index (χ0) is 15.1. The van der Waals surface area contributed by atoms with Crippen molar-refractivity contribution in [3.8, 4) is 22.7 Å². The molecule has 1 aliphatic carbocycles. The van der Waals surface area contributed by atoms with Gasteiger partial charge in [0.1, 0.15) is 11.4 Å². The summed E-state index contributed by atoms with van der Waals surface area (Å²) in [6, 6.07) is 7.37. The van der Waals surface area contributed by atoms with Gasteiger partial charge in [0, 0.05) is 11.9 Å². The summed E-state index contributed by atoms with van der Waals surface area (Å²) in [6.07, 6.45) is 6.17. The van der Waals surface area contributed by atoms with E-state index in [0.717, 1.165) is 36.4 Å². The number of pyridine rings is 1. The lowest BCUT2D eigenvalue weighted by Crippen LogP contribution is -2.14. The molecule has 0 atom stereocenters. The number of aromatic nitrogens is 3. The minimum absolute atomic E-state index is 0.0789. The maximum absolute atomic E-state index is 12.6. The second-order valence-corrected chi connectivity index (χ2v) is 5.63. The van der Waals surface area contributed by atoms with Gasteiger partial charge in [-0.3, -0.25) is 4.79 Å². The van der Waals surface area contributed by atoms with E-state index in [1.807, 2.05) is 24.3 Å². The van der Waals surface area contributed by atoms with Crippen LogP contribution in [0.3, 0.4) is 0 Å². The van der Waals surface area contributed by atoms with E-state index in [0.29, 0.717) is 5.56 Å². The number of aryl methyl sites for hydroxylation is 1. The molecule has 4 rings (SSSR count). The Balaban J connectivity index is 1.89. The molecule has 1 N–H and O–H groups in total. The van der Waals surface area contributed by atoms with Gasteiger partial charge in [0.15, 0.2) is 0 Å². The van der Waals surface area contributed by atoms with Gasteiger partial charge in [-0.2, -0.15) is 9.78 Å². The molecule has 0 radical (unpaired) electrons. The number of hydrogen-bond donors (Lipinski definition) is 1. The zero-order valence-electron chi connectivity index (χ0n) is 12.4. The van der Waals surface area contributed by atoms with E-state index in [-0.39, 0.29) is 5.56 Å². The van der Waals surface area contributed by atoms with Crippen LogP contribution in [-0.2, 0) is 12.8 Å². The molecule has 1 aromatic carbocycles. The van der Waals surface area contributed by atoms with Crippen molar-refractivity contribution in [1.82, 2.24) is 14.8 Å². The first-order chi connectivity index (χ1) is 10.8. The summed E-state index contributed by atoms with van der Waals surface area (Å²) in [7, 11) is 1.62. The van der Waals surface area contributed by atoms with Crippen LogP contribution in [0.25, 0.3) is 16.9 Å². The van der Waals surface area contributed by atoms with Gasteiger partial charge in [0.05, 0.1) is 18.4 Å². The maximum Gasteiger partial charge on any atom is 0.282 e. The van der Waals surface area contributed by atoms with Gasteiger partial charge in [-0.15, -0.1) is 0 Å². The van der Waals surface area contributed by atoms with Gasteiger partial charge >= 0.3 is 0 Å². The third kappa shape index (κ3) is 1.93. The van der Waals surface area contributed by atoms with E-state index in [4.69, 9.17) is 4.74 Å². The molecule has 0 bridgehead atoms. The number of nitrogens with one attached hydrogen (secondary N) is 1. The van der Waals surface area contributed by atoms with Crippen molar-refractivity contribution in [1.29, 1.82) is 0 Å². The molecule has 2 aliphatic heterocycles. The Bertz CT molecular complexity index is 845. The fourth-order valence-electron chi connectivity index (χ4n) is 3.15. The Morgan fingerprint density at radius 2 is 1.95 bits per heavy atom. The van der Waals surface area contributed by atoms with Crippen LogP contribution in [0.5, 0.6) is 5.75 Å². The Morgan fingerprint density at radius 3 is 2.73 bits per heavy atom. The summed E-state index contributed by atoms with van der Waals surface area (Å²) >= 11 is 0. The molecule has 22 heavy (non-hydrogen) atoms. The van der Waals surface area contributed by atoms with Crippen LogP contribution in [0.4, 0.5) is 0 Å². The third-order valence-electron chi connectivity index (χ3n) is 4.34. The molecule has 5 heteroatoms. The molecule has 2 heterocycles. The Kier molecular flexibility index (Phi) is 2.99. The number of nitrogens with zero attached hydrogens (tertiary/aromatic N) is 2. The quantitative estimate of drug-likeness (QED) is 0.790. The molecule has 0 unspecified atom stereocenters. The number of aromatic amines is 1. The largest absolute Gasteiger partial charge is 0.497 e. The van der Waals surface area contributed by atoms with E-state index in [1.165, 1.54) is 22.4 Å². The molecule has 0 aromatic heterocycles. The molecule has 112 valence electrons. The lowest BCUT2D eigenvalue weighted by molar-refractivity contribution is 0.414. The van der Waals surface area contributed by atoms with Crippen LogP contribution in [0.15, 0.2) is 35.3 Å². The summed E-state index contributed by atoms with van der Waals surface area (Å²) in [6.45, 7) is 0. The molecule has 0 saturated heterocycles. The minimum Gasteiger partial charge on any atom is -0.497 e. The molecular weight excluding hydrogens is 278 g/mol. The van der Waals surface area contributed by atoms with Crippen LogP contribution in [-0.4, -0.2) is 21.9 Å². The summed E-state index contributed by atoms with van der Waals surface area (Å²) < 4.78 is 6.63. The summed E-state index contributed by atoms with van der Waals surface area (Å²) in [5.74, 6) is 0.763. The van der Waals surface area contributed by atoms with E-state index in [2.05, 4.69) is 10.1 Å². The van der Waals surface area contributed by atoms with Crippen molar-refractivity contribution in [2.45, 2.75) is 25.7 Å². The molecule has 1 aromatic rings. The van der Waals surface area contributed by atoms with Crippen LogP contribution < -0.4 is 10.3 Å². The average molecular weight is 295 g/mol. The predicted octanol–water partition coefficient (Wildman–Crippen LogP) is 2.55. The van der Waals surface area contributed by atoms with E-state index in [1.54, 1.807) is 13.3 Å². The predicted molar refractivity (Wildman–Crippen MR) is 84.0 cm³/mol. The summed E-state index contributed by atoms with van der Waals surface area (Å²) in [5, 5.41) is 4.59. The SMILES string of the molecule is COc1ccc(-n2nc3c4c([nH]cc-3c2=O)CCCC4)cc1. The highest BCUT2D eigenvalue weighted by Crippen LogP contribution is 2.29. The van der Waals surface area contributed by atoms with Gasteiger partial charge in [-0.25, -0.2) is 0 Å². The van der Waals surface area contributed by atoms with E-state index >= 15 is 0 Å². The average Bonchev–Trinajstić information content (AvgIpc) is 2.92. The molecule has 3 aliphatic rings. The van der Waals surface area contributed by atoms with Crippen molar-refractivity contribution in [2.75, 3.05) is 7.11 Å². The highest BCUT2D eigenvalue weighted by Gasteiger charge is 2.23. The lowest BCUT2D eigenvalue weighted by atomic mass is 9.92. The fourth-order valence-corrected chi connectivity index (χ4v) is 3.15. The fraction of sp³-hybridized carbons (Fsp3) is 0.294. The summed E-state index contributed by atoms with van der Waals surface area (Å²) in [5.41, 5.74) is 4.60. The van der Waals surface area contributed by atoms with Crippen molar-refractivity contribution in [3.63, 3.8) is 0 Å². The zero-order valence-corrected chi connectivity index (χ0v) is 12.4. The Morgan fingerprint density at radius 1 is 1.18 bits per heavy atom. The van der Waals surface area contributed by atoms with Crippen molar-refractivity contribution < 1.29 is 4.74 Å². The lowest BCUT2D eigenvalue weighted by Gasteiger charge is -2.17. The minimum atomic E-state index is -0.0789. The number of H-pyrrole nitrogens is 1. The number of fused-ring (bicyclic) bond motifs is 3. The molecular formula is C17H17N3O2. The van der Waals surface area contributed by atoms with Gasteiger partial charge in [-0.1, -0.05) is 0 Å². The third-order valence-corrected chi connectivity index (χ3v) is 4.34. The topological polar surface area (TPSA) is 59.9 Å². The Labute approximate surface area is 127 Å². The monoisotopic (exact) mass is 295 g/mol. The highest BCUT2D eigenvalue weighted by atomic mass is 16.5. The normalized spacial score (nSPS) is 14.0. The van der Waals surface area contributed by atoms with Crippen molar-refractivity contribution >= 4 is 0 Å². The molecule has 0 amide bonds. The van der Waals surface area contributed by atoms with Gasteiger partial charge in [0.25, 0.3) is 5.56 Å². The molecule has 0 saturated carbocycles. The van der Waals surface area contributed by atoms with E-state index < -0.39 is 0 Å². The number of hydrogen-bond acceptors (Lipinski definition) is 3. The summed E-state index contributed by atoms with van der Waals surface area (Å²) in [4.78, 5) is 15.9. The first kappa shape index (κ1) is 13.1. The smallest absolute Gasteiger partial charge is 0.282 e. The highest BCUT2D eigenvalue weighted by molar-refractivity contribution is 5.65. The van der Waals surface area contributed by atoms with Gasteiger partial charge < -0.3 is 9.72 Å². The first-order valence-corrected chi connectivity index (χ1v) is 7.54. The standard InChI is InChI=1S/C17H17N3O2/c1-22-12-8-6-11(7-9-12)20-17(21)14-10-18-15-5-3-2-4-13(15)16(14)19-20/h6-10,18H,2-5H2,1H3. The molecule has 0 fully saturated rings. The number of ether oxygens (including phenoxy) is 1. The second kappa shape index (κ2) is 5.02. The van der Waals surface area contributed by atoms with Gasteiger partial charge in [0.2, 0.25) is 0 Å². The van der Waals surface area contributed by atoms with Crippen LogP contribution in [0, 0.1) is 0 Å². The molecule has 5 nitrogen and oxygen atoms in total. The van der Waals surface area contributed by atoms with Crippen LogP contribution in [0.1, 0.15) is 24.1 Å². The maximum atomic E-state index is 12.6. The Hall–Kier alpha value is -2.56. The molecule has 0 spiro atoms. The van der Waals surface area contributed by atoms with Crippen molar-refractivity contribution in [3.05, 3.63) is 52.1 Å². The van der Waals surface area contributed by atoms with Crippen LogP contribution in [0.2, 0.25) is 0 Å². The number of rotatable bonds is 2. The van der Waals surface area contributed by atoms with E-state index in [9.17, 15) is 4.79 Å². The number of methoxy groups -OCH3 is 1. The first-order valence-electron chi connectivity index (χ1n) is 7.54. The van der Waals surface area contributed by atoms with Gasteiger partial charge in [-0.05, 0) is 55.5 Å². The van der Waals surface area contributed by atoms with Crippen LogP contribution >= 0.6 is 0 Å². The van der Waals surface area contributed by atoms with Crippen molar-refractivity contribution in [2.24, 2.45) is 0 Å². The number of benzene rings is 1.